The smallest absolute Gasteiger partial charge is 0.243 e. The van der Waals surface area contributed by atoms with Crippen LogP contribution in [0.4, 0.5) is 0 Å². The SMILES string of the molecule is CN(CC1(CCN2CCC(CCCc3ccccc3)CC2)CCc2ccccc21)S(=O)(=O)c1cccc2ccccc12. The summed E-state index contributed by atoms with van der Waals surface area (Å²) in [5.41, 5.74) is 4.01. The van der Waals surface area contributed by atoms with Gasteiger partial charge in [-0.05, 0) is 98.6 Å². The van der Waals surface area contributed by atoms with Crippen LogP contribution in [-0.2, 0) is 28.3 Å². The minimum atomic E-state index is -3.65. The second-order valence-electron chi connectivity index (χ2n) is 12.6. The summed E-state index contributed by atoms with van der Waals surface area (Å²) in [6, 6.07) is 33.0. The maximum Gasteiger partial charge on any atom is 0.243 e. The number of likely N-dealkylation sites (N-methyl/N-ethyl adjacent to an activating group) is 1. The van der Waals surface area contributed by atoms with Crippen LogP contribution in [-0.4, -0.2) is 50.8 Å². The van der Waals surface area contributed by atoms with Crippen molar-refractivity contribution in [2.24, 2.45) is 5.92 Å². The lowest BCUT2D eigenvalue weighted by atomic mass is 9.78. The quantitative estimate of drug-likeness (QED) is 0.185. The van der Waals surface area contributed by atoms with Gasteiger partial charge in [0.2, 0.25) is 10.0 Å². The standard InChI is InChI=1S/C37H44N2O2S/c1-38(42(40,41)36-20-10-17-32-15-5-7-18-34(32)36)29-37(24-21-33-16-6-8-19-35(33)37)25-28-39-26-22-31(23-27-39)14-9-13-30-11-3-2-4-12-30/h2-8,10-12,15-20,31H,9,13-14,21-29H2,1H3. The Hall–Kier alpha value is -2.99. The van der Waals surface area contributed by atoms with Crippen LogP contribution in [0.1, 0.15) is 55.2 Å². The summed E-state index contributed by atoms with van der Waals surface area (Å²) >= 11 is 0. The van der Waals surface area contributed by atoms with E-state index in [0.717, 1.165) is 55.6 Å². The molecule has 1 atom stereocenters. The molecule has 0 saturated carbocycles. The topological polar surface area (TPSA) is 40.6 Å². The number of fused-ring (bicyclic) bond motifs is 2. The van der Waals surface area contributed by atoms with E-state index < -0.39 is 10.0 Å². The van der Waals surface area contributed by atoms with Gasteiger partial charge in [0.25, 0.3) is 0 Å². The van der Waals surface area contributed by atoms with Crippen molar-refractivity contribution in [3.63, 3.8) is 0 Å². The molecule has 0 N–H and O–H groups in total. The number of sulfonamides is 1. The van der Waals surface area contributed by atoms with E-state index in [1.807, 2.05) is 36.4 Å². The molecule has 0 amide bonds. The van der Waals surface area contributed by atoms with Gasteiger partial charge in [0, 0.05) is 24.4 Å². The number of rotatable bonds is 11. The molecule has 0 spiro atoms. The Morgan fingerprint density at radius 3 is 2.40 bits per heavy atom. The van der Waals surface area contributed by atoms with Crippen LogP contribution in [0.3, 0.4) is 0 Å². The summed E-state index contributed by atoms with van der Waals surface area (Å²) in [5, 5.41) is 1.75. The van der Waals surface area contributed by atoms with Gasteiger partial charge in [0.1, 0.15) is 0 Å². The lowest BCUT2D eigenvalue weighted by Gasteiger charge is -2.38. The molecule has 1 unspecified atom stereocenters. The Bertz CT molecular complexity index is 1590. The summed E-state index contributed by atoms with van der Waals surface area (Å²) in [4.78, 5) is 3.04. The van der Waals surface area contributed by atoms with E-state index in [4.69, 9.17) is 0 Å². The minimum absolute atomic E-state index is 0.171. The monoisotopic (exact) mass is 580 g/mol. The molecule has 0 radical (unpaired) electrons. The molecule has 220 valence electrons. The number of aryl methyl sites for hydroxylation is 2. The Morgan fingerprint density at radius 2 is 1.57 bits per heavy atom. The first-order chi connectivity index (χ1) is 20.4. The molecule has 0 aromatic heterocycles. The second-order valence-corrected chi connectivity index (χ2v) is 14.6. The zero-order valence-electron chi connectivity index (χ0n) is 24.9. The summed E-state index contributed by atoms with van der Waals surface area (Å²) < 4.78 is 29.7. The lowest BCUT2D eigenvalue weighted by Crippen LogP contribution is -2.44. The summed E-state index contributed by atoms with van der Waals surface area (Å²) in [6.07, 6.45) is 9.31. The van der Waals surface area contributed by atoms with Crippen molar-refractivity contribution >= 4 is 20.8 Å². The Labute approximate surface area is 252 Å². The van der Waals surface area contributed by atoms with Gasteiger partial charge in [-0.2, -0.15) is 0 Å². The third-order valence-electron chi connectivity index (χ3n) is 9.96. The predicted octanol–water partition coefficient (Wildman–Crippen LogP) is 7.47. The fourth-order valence-electron chi connectivity index (χ4n) is 7.48. The van der Waals surface area contributed by atoms with Gasteiger partial charge < -0.3 is 4.90 Å². The molecular formula is C37H44N2O2S. The molecule has 5 heteroatoms. The highest BCUT2D eigenvalue weighted by Crippen LogP contribution is 2.43. The highest BCUT2D eigenvalue weighted by Gasteiger charge is 2.42. The first-order valence-corrected chi connectivity index (χ1v) is 17.2. The molecule has 42 heavy (non-hydrogen) atoms. The van der Waals surface area contributed by atoms with Crippen LogP contribution in [0.5, 0.6) is 0 Å². The zero-order valence-corrected chi connectivity index (χ0v) is 25.7. The lowest BCUT2D eigenvalue weighted by molar-refractivity contribution is 0.158. The molecule has 1 fully saturated rings. The molecule has 4 aromatic carbocycles. The molecule has 4 aromatic rings. The van der Waals surface area contributed by atoms with Crippen molar-refractivity contribution in [2.75, 3.05) is 33.2 Å². The number of benzene rings is 4. The van der Waals surface area contributed by atoms with E-state index in [-0.39, 0.29) is 5.41 Å². The molecule has 1 aliphatic carbocycles. The first kappa shape index (κ1) is 29.1. The van der Waals surface area contributed by atoms with Crippen LogP contribution < -0.4 is 0 Å². The Kier molecular flexibility index (Phi) is 8.80. The summed E-state index contributed by atoms with van der Waals surface area (Å²) in [5.74, 6) is 0.822. The third-order valence-corrected chi connectivity index (χ3v) is 11.8. The van der Waals surface area contributed by atoms with Gasteiger partial charge in [-0.15, -0.1) is 0 Å². The Balaban J connectivity index is 1.12. The number of piperidine rings is 1. The Morgan fingerprint density at radius 1 is 0.857 bits per heavy atom. The molecule has 1 aliphatic heterocycles. The van der Waals surface area contributed by atoms with Crippen molar-refractivity contribution in [2.45, 2.75) is 61.7 Å². The predicted molar refractivity (Wildman–Crippen MR) is 173 cm³/mol. The van der Waals surface area contributed by atoms with Crippen molar-refractivity contribution in [3.8, 4) is 0 Å². The first-order valence-electron chi connectivity index (χ1n) is 15.7. The van der Waals surface area contributed by atoms with Crippen LogP contribution in [0.2, 0.25) is 0 Å². The summed E-state index contributed by atoms with van der Waals surface area (Å²) in [6.45, 7) is 3.83. The molecule has 4 nitrogen and oxygen atoms in total. The van der Waals surface area contributed by atoms with E-state index in [1.54, 1.807) is 17.4 Å². The van der Waals surface area contributed by atoms with Crippen LogP contribution >= 0.6 is 0 Å². The molecule has 2 aliphatic rings. The van der Waals surface area contributed by atoms with E-state index in [1.165, 1.54) is 48.8 Å². The highest BCUT2D eigenvalue weighted by molar-refractivity contribution is 7.89. The number of hydrogen-bond acceptors (Lipinski definition) is 3. The zero-order chi connectivity index (χ0) is 29.0. The third kappa shape index (κ3) is 6.20. The van der Waals surface area contributed by atoms with Gasteiger partial charge in [0.15, 0.2) is 0 Å². The molecular weight excluding hydrogens is 536 g/mol. The van der Waals surface area contributed by atoms with Crippen LogP contribution in [0, 0.1) is 5.92 Å². The molecule has 1 heterocycles. The number of nitrogens with zero attached hydrogens (tertiary/aromatic N) is 2. The molecule has 0 bridgehead atoms. The van der Waals surface area contributed by atoms with Gasteiger partial charge in [-0.25, -0.2) is 12.7 Å². The van der Waals surface area contributed by atoms with Crippen molar-refractivity contribution < 1.29 is 8.42 Å². The van der Waals surface area contributed by atoms with E-state index in [0.29, 0.717) is 11.4 Å². The van der Waals surface area contributed by atoms with Crippen molar-refractivity contribution in [3.05, 3.63) is 114 Å². The number of likely N-dealkylation sites (tertiary alicyclic amines) is 1. The molecule has 1 saturated heterocycles. The van der Waals surface area contributed by atoms with Gasteiger partial charge in [-0.1, -0.05) is 97.4 Å². The fraction of sp³-hybridized carbons (Fsp3) is 0.405. The van der Waals surface area contributed by atoms with Crippen LogP contribution in [0.25, 0.3) is 10.8 Å². The van der Waals surface area contributed by atoms with Crippen molar-refractivity contribution in [1.29, 1.82) is 0 Å². The van der Waals surface area contributed by atoms with Gasteiger partial charge >= 0.3 is 0 Å². The molecule has 6 rings (SSSR count). The van der Waals surface area contributed by atoms with Crippen LogP contribution in [0.15, 0.2) is 102 Å². The summed E-state index contributed by atoms with van der Waals surface area (Å²) in [7, 11) is -1.87. The number of hydrogen-bond donors (Lipinski definition) is 0. The fourth-order valence-corrected chi connectivity index (χ4v) is 8.94. The van der Waals surface area contributed by atoms with Gasteiger partial charge in [0.05, 0.1) is 4.90 Å². The van der Waals surface area contributed by atoms with E-state index >= 15 is 0 Å². The average Bonchev–Trinajstić information content (AvgIpc) is 3.39. The highest BCUT2D eigenvalue weighted by atomic mass is 32.2. The van der Waals surface area contributed by atoms with Gasteiger partial charge in [-0.3, -0.25) is 0 Å². The largest absolute Gasteiger partial charge is 0.303 e. The maximum absolute atomic E-state index is 14.0. The van der Waals surface area contributed by atoms with E-state index in [2.05, 4.69) is 59.5 Å². The van der Waals surface area contributed by atoms with E-state index in [9.17, 15) is 8.42 Å². The second kappa shape index (κ2) is 12.7. The minimum Gasteiger partial charge on any atom is -0.303 e. The average molecular weight is 581 g/mol. The maximum atomic E-state index is 14.0. The van der Waals surface area contributed by atoms with Crippen molar-refractivity contribution in [1.82, 2.24) is 9.21 Å². The normalized spacial score (nSPS) is 19.9.